The third kappa shape index (κ3) is 8.38. The molecule has 0 aliphatic heterocycles. The van der Waals surface area contributed by atoms with E-state index in [-0.39, 0.29) is 24.8 Å². The molecule has 0 aromatic heterocycles. The monoisotopic (exact) mass is 322 g/mol. The topological polar surface area (TPSA) is 66.6 Å². The summed E-state index contributed by atoms with van der Waals surface area (Å²) in [6, 6.07) is 9.54. The van der Waals surface area contributed by atoms with Crippen LogP contribution in [0.25, 0.3) is 0 Å². The number of carboxylic acid groups (broad SMARTS) is 1. The molecule has 20 heavy (non-hydrogen) atoms. The molecule has 0 spiro atoms. The Kier molecular flexibility index (Phi) is 12.9. The van der Waals surface area contributed by atoms with Crippen LogP contribution in [0.3, 0.4) is 0 Å². The van der Waals surface area contributed by atoms with Crippen LogP contribution in [0.15, 0.2) is 30.3 Å². The molecule has 0 heterocycles. The summed E-state index contributed by atoms with van der Waals surface area (Å²) in [7, 11) is 0. The van der Waals surface area contributed by atoms with Crippen LogP contribution >= 0.6 is 24.8 Å². The normalized spacial score (nSPS) is 11.3. The van der Waals surface area contributed by atoms with Gasteiger partial charge >= 0.3 is 5.97 Å². The standard InChI is InChI=1S/C14H22N2O2.2ClH/c1-2-16(10-6-9-13(15)14(17)18)11-12-7-4-3-5-8-12;;/h3-5,7-8,13H,2,6,9-11,15H2,1H3,(H,17,18);2*1H/t13-;;/m1../s1. The smallest absolute Gasteiger partial charge is 0.320 e. The summed E-state index contributed by atoms with van der Waals surface area (Å²) in [6.45, 7) is 4.85. The van der Waals surface area contributed by atoms with Crippen LogP contribution in [0, 0.1) is 0 Å². The highest BCUT2D eigenvalue weighted by Gasteiger charge is 2.11. The Morgan fingerprint density at radius 2 is 1.90 bits per heavy atom. The van der Waals surface area contributed by atoms with Crippen molar-refractivity contribution in [2.24, 2.45) is 5.73 Å². The minimum Gasteiger partial charge on any atom is -0.480 e. The second-order valence-electron chi connectivity index (χ2n) is 4.44. The molecule has 0 aliphatic rings. The van der Waals surface area contributed by atoms with Gasteiger partial charge in [-0.05, 0) is 31.5 Å². The third-order valence-electron chi connectivity index (χ3n) is 3.00. The van der Waals surface area contributed by atoms with Crippen molar-refractivity contribution in [1.29, 1.82) is 0 Å². The molecule has 1 aromatic rings. The zero-order valence-electron chi connectivity index (χ0n) is 11.7. The van der Waals surface area contributed by atoms with Gasteiger partial charge in [-0.2, -0.15) is 0 Å². The molecule has 0 bridgehead atoms. The summed E-state index contributed by atoms with van der Waals surface area (Å²) >= 11 is 0. The second kappa shape index (κ2) is 12.0. The Morgan fingerprint density at radius 1 is 1.30 bits per heavy atom. The van der Waals surface area contributed by atoms with Gasteiger partial charge in [-0.15, -0.1) is 24.8 Å². The molecule has 4 nitrogen and oxygen atoms in total. The molecule has 3 N–H and O–H groups in total. The first-order chi connectivity index (χ1) is 8.63. The number of halogens is 2. The molecule has 0 amide bonds. The van der Waals surface area contributed by atoms with Crippen LogP contribution in [0.1, 0.15) is 25.3 Å². The first-order valence-electron chi connectivity index (χ1n) is 6.38. The van der Waals surface area contributed by atoms with E-state index in [4.69, 9.17) is 10.8 Å². The number of aliphatic carboxylic acids is 1. The minimum atomic E-state index is -0.916. The van der Waals surface area contributed by atoms with Crippen LogP contribution in [-0.4, -0.2) is 35.1 Å². The van der Waals surface area contributed by atoms with E-state index in [1.165, 1.54) is 5.56 Å². The molecule has 0 saturated heterocycles. The molecule has 0 aliphatic carbocycles. The Morgan fingerprint density at radius 3 is 2.40 bits per heavy atom. The molecule has 1 aromatic carbocycles. The molecule has 116 valence electrons. The van der Waals surface area contributed by atoms with Gasteiger partial charge in [0.1, 0.15) is 6.04 Å². The number of hydrogen-bond acceptors (Lipinski definition) is 3. The van der Waals surface area contributed by atoms with Gasteiger partial charge in [0.05, 0.1) is 0 Å². The van der Waals surface area contributed by atoms with Crippen LogP contribution in [0.5, 0.6) is 0 Å². The highest BCUT2D eigenvalue weighted by molar-refractivity contribution is 5.85. The lowest BCUT2D eigenvalue weighted by atomic mass is 10.1. The summed E-state index contributed by atoms with van der Waals surface area (Å²) in [5.74, 6) is -0.916. The Bertz CT molecular complexity index is 363. The zero-order valence-corrected chi connectivity index (χ0v) is 13.3. The second-order valence-corrected chi connectivity index (χ2v) is 4.44. The van der Waals surface area contributed by atoms with Gasteiger partial charge in [0.15, 0.2) is 0 Å². The number of carbonyl (C=O) groups is 1. The van der Waals surface area contributed by atoms with Crippen LogP contribution in [0.2, 0.25) is 0 Å². The van der Waals surface area contributed by atoms with Gasteiger partial charge in [-0.1, -0.05) is 37.3 Å². The molecular formula is C14H24Cl2N2O2. The van der Waals surface area contributed by atoms with Gasteiger partial charge in [-0.3, -0.25) is 9.69 Å². The van der Waals surface area contributed by atoms with Gasteiger partial charge in [-0.25, -0.2) is 0 Å². The van der Waals surface area contributed by atoms with Crippen LogP contribution in [-0.2, 0) is 11.3 Å². The van der Waals surface area contributed by atoms with E-state index in [1.807, 2.05) is 18.2 Å². The van der Waals surface area contributed by atoms with Crippen molar-refractivity contribution in [3.8, 4) is 0 Å². The number of rotatable bonds is 8. The summed E-state index contributed by atoms with van der Waals surface area (Å²) in [5, 5.41) is 8.70. The van der Waals surface area contributed by atoms with E-state index < -0.39 is 12.0 Å². The van der Waals surface area contributed by atoms with Crippen molar-refractivity contribution in [2.75, 3.05) is 13.1 Å². The van der Waals surface area contributed by atoms with Crippen molar-refractivity contribution < 1.29 is 9.90 Å². The van der Waals surface area contributed by atoms with Crippen molar-refractivity contribution in [1.82, 2.24) is 4.90 Å². The Hall–Kier alpha value is -0.810. The van der Waals surface area contributed by atoms with Crippen molar-refractivity contribution in [2.45, 2.75) is 32.4 Å². The molecule has 0 saturated carbocycles. The quantitative estimate of drug-likeness (QED) is 0.771. The third-order valence-corrected chi connectivity index (χ3v) is 3.00. The summed E-state index contributed by atoms with van der Waals surface area (Å²) in [6.07, 6.45) is 1.34. The summed E-state index contributed by atoms with van der Waals surface area (Å²) < 4.78 is 0. The first kappa shape index (κ1) is 21.5. The maximum atomic E-state index is 10.6. The number of benzene rings is 1. The maximum Gasteiger partial charge on any atom is 0.320 e. The van der Waals surface area contributed by atoms with Gasteiger partial charge < -0.3 is 10.8 Å². The number of nitrogens with two attached hydrogens (primary N) is 1. The largest absolute Gasteiger partial charge is 0.480 e. The molecule has 1 atom stereocenters. The fourth-order valence-electron chi connectivity index (χ4n) is 1.85. The van der Waals surface area contributed by atoms with E-state index in [1.54, 1.807) is 0 Å². The minimum absolute atomic E-state index is 0. The predicted octanol–water partition coefficient (Wildman–Crippen LogP) is 2.54. The average molecular weight is 323 g/mol. The molecule has 1 rings (SSSR count). The van der Waals surface area contributed by atoms with E-state index in [0.29, 0.717) is 6.42 Å². The number of nitrogens with zero attached hydrogens (tertiary/aromatic N) is 1. The Balaban J connectivity index is 0. The van der Waals surface area contributed by atoms with E-state index in [9.17, 15) is 4.79 Å². The van der Waals surface area contributed by atoms with E-state index in [0.717, 1.165) is 26.1 Å². The Labute approximate surface area is 133 Å². The van der Waals surface area contributed by atoms with Gasteiger partial charge in [0.2, 0.25) is 0 Å². The summed E-state index contributed by atoms with van der Waals surface area (Å²) in [4.78, 5) is 12.9. The van der Waals surface area contributed by atoms with Crippen molar-refractivity contribution >= 4 is 30.8 Å². The fourth-order valence-corrected chi connectivity index (χ4v) is 1.85. The average Bonchev–Trinajstić information content (AvgIpc) is 2.38. The lowest BCUT2D eigenvalue weighted by Gasteiger charge is -2.20. The molecule has 0 fully saturated rings. The fraction of sp³-hybridized carbons (Fsp3) is 0.500. The molecule has 0 radical (unpaired) electrons. The maximum absolute atomic E-state index is 10.6. The van der Waals surface area contributed by atoms with Crippen molar-refractivity contribution in [3.05, 3.63) is 35.9 Å². The van der Waals surface area contributed by atoms with Crippen LogP contribution in [0.4, 0.5) is 0 Å². The highest BCUT2D eigenvalue weighted by Crippen LogP contribution is 2.06. The summed E-state index contributed by atoms with van der Waals surface area (Å²) in [5.41, 5.74) is 6.76. The zero-order chi connectivity index (χ0) is 13.4. The van der Waals surface area contributed by atoms with Gasteiger partial charge in [0.25, 0.3) is 0 Å². The predicted molar refractivity (Wildman–Crippen MR) is 86.7 cm³/mol. The van der Waals surface area contributed by atoms with E-state index >= 15 is 0 Å². The molecule has 6 heteroatoms. The van der Waals surface area contributed by atoms with Gasteiger partial charge in [0, 0.05) is 6.54 Å². The number of carboxylic acids is 1. The molecular weight excluding hydrogens is 299 g/mol. The number of hydrogen-bond donors (Lipinski definition) is 2. The molecule has 0 unspecified atom stereocenters. The highest BCUT2D eigenvalue weighted by atomic mass is 35.5. The van der Waals surface area contributed by atoms with Crippen LogP contribution < -0.4 is 5.73 Å². The van der Waals surface area contributed by atoms with E-state index in [2.05, 4.69) is 24.0 Å². The lowest BCUT2D eigenvalue weighted by Crippen LogP contribution is -2.32. The van der Waals surface area contributed by atoms with Crippen molar-refractivity contribution in [3.63, 3.8) is 0 Å². The lowest BCUT2D eigenvalue weighted by molar-refractivity contribution is -0.138. The SMILES string of the molecule is CCN(CCC[C@@H](N)C(=O)O)Cc1ccccc1.Cl.Cl. The first-order valence-corrected chi connectivity index (χ1v) is 6.38.